The normalized spacial score (nSPS) is 11.2. The Morgan fingerprint density at radius 1 is 1.44 bits per heavy atom. The molecule has 4 heteroatoms. The molecule has 0 spiro atoms. The number of Topliss-reactive ketones (excluding diaryl/α,β-unsaturated/α-hetero) is 1. The number of nitrogens with zero attached hydrogens (tertiary/aromatic N) is 2. The summed E-state index contributed by atoms with van der Waals surface area (Å²) in [5.41, 5.74) is 3.01. The molecule has 1 rings (SSSR count). The maximum atomic E-state index is 12.2. The summed E-state index contributed by atoms with van der Waals surface area (Å²) in [5, 5.41) is 0. The van der Waals surface area contributed by atoms with E-state index in [9.17, 15) is 4.79 Å². The van der Waals surface area contributed by atoms with Crippen molar-refractivity contribution in [3.8, 4) is 0 Å². The third kappa shape index (κ3) is 3.68. The molecule has 0 fully saturated rings. The zero-order chi connectivity index (χ0) is 13.7. The van der Waals surface area contributed by atoms with Crippen LogP contribution in [0.25, 0.3) is 0 Å². The van der Waals surface area contributed by atoms with Crippen LogP contribution < -0.4 is 0 Å². The van der Waals surface area contributed by atoms with Gasteiger partial charge in [-0.1, -0.05) is 0 Å². The van der Waals surface area contributed by atoms with Crippen LogP contribution in [0.2, 0.25) is 0 Å². The van der Waals surface area contributed by atoms with Crippen molar-refractivity contribution in [2.45, 2.75) is 20.3 Å². The Kier molecular flexibility index (Phi) is 5.56. The predicted octanol–water partition coefficient (Wildman–Crippen LogP) is 1.79. The van der Waals surface area contributed by atoms with Crippen molar-refractivity contribution in [2.75, 3.05) is 33.9 Å². The van der Waals surface area contributed by atoms with Gasteiger partial charge in [0.15, 0.2) is 5.78 Å². The molecule has 0 amide bonds. The number of hydrogen-bond acceptors (Lipinski definition) is 3. The highest BCUT2D eigenvalue weighted by Gasteiger charge is 2.15. The highest BCUT2D eigenvalue weighted by atomic mass is 16.5. The number of hydrogen-bond donors (Lipinski definition) is 0. The third-order valence-electron chi connectivity index (χ3n) is 3.38. The lowest BCUT2D eigenvalue weighted by atomic mass is 10.1. The van der Waals surface area contributed by atoms with Crippen molar-refractivity contribution in [2.24, 2.45) is 7.05 Å². The van der Waals surface area contributed by atoms with Gasteiger partial charge in [0.1, 0.15) is 0 Å². The van der Waals surface area contributed by atoms with Crippen LogP contribution in [0, 0.1) is 13.8 Å². The predicted molar refractivity (Wildman–Crippen MR) is 73.2 cm³/mol. The van der Waals surface area contributed by atoms with Crippen LogP contribution in [0.1, 0.15) is 28.2 Å². The standard InChI is InChI=1S/C14H24N2O2/c1-11-9-13(12(2)16(11)4)14(17)10-15(3)7-6-8-18-5/h9H,6-8,10H2,1-5H3. The van der Waals surface area contributed by atoms with Crippen molar-refractivity contribution in [3.05, 3.63) is 23.0 Å². The van der Waals surface area contributed by atoms with Gasteiger partial charge >= 0.3 is 0 Å². The molecule has 0 saturated heterocycles. The van der Waals surface area contributed by atoms with Crippen molar-refractivity contribution in [3.63, 3.8) is 0 Å². The van der Waals surface area contributed by atoms with Gasteiger partial charge < -0.3 is 9.30 Å². The minimum atomic E-state index is 0.191. The van der Waals surface area contributed by atoms with E-state index in [-0.39, 0.29) is 5.78 Å². The first-order valence-corrected chi connectivity index (χ1v) is 6.31. The number of likely N-dealkylation sites (N-methyl/N-ethyl adjacent to an activating group) is 1. The Bertz CT molecular complexity index is 410. The van der Waals surface area contributed by atoms with E-state index < -0.39 is 0 Å². The van der Waals surface area contributed by atoms with Crippen molar-refractivity contribution >= 4 is 5.78 Å². The van der Waals surface area contributed by atoms with Gasteiger partial charge in [0.25, 0.3) is 0 Å². The van der Waals surface area contributed by atoms with E-state index in [2.05, 4.69) is 4.57 Å². The number of carbonyl (C=O) groups excluding carboxylic acids is 1. The van der Waals surface area contributed by atoms with Gasteiger partial charge in [-0.2, -0.15) is 0 Å². The quantitative estimate of drug-likeness (QED) is 0.548. The van der Waals surface area contributed by atoms with Crippen LogP contribution in [0.4, 0.5) is 0 Å². The fraction of sp³-hybridized carbons (Fsp3) is 0.643. The van der Waals surface area contributed by atoms with Gasteiger partial charge in [0.2, 0.25) is 0 Å². The number of aromatic nitrogens is 1. The number of aryl methyl sites for hydroxylation is 1. The largest absolute Gasteiger partial charge is 0.385 e. The average molecular weight is 252 g/mol. The fourth-order valence-corrected chi connectivity index (χ4v) is 2.03. The molecular weight excluding hydrogens is 228 g/mol. The first kappa shape index (κ1) is 14.9. The van der Waals surface area contributed by atoms with Crippen LogP contribution >= 0.6 is 0 Å². The van der Waals surface area contributed by atoms with E-state index in [1.807, 2.05) is 38.9 Å². The van der Waals surface area contributed by atoms with Gasteiger partial charge in [-0.15, -0.1) is 0 Å². The molecule has 1 aromatic heterocycles. The van der Waals surface area contributed by atoms with Gasteiger partial charge in [-0.3, -0.25) is 9.69 Å². The summed E-state index contributed by atoms with van der Waals surface area (Å²) in [6.45, 7) is 6.09. The molecular formula is C14H24N2O2. The zero-order valence-electron chi connectivity index (χ0n) is 12.1. The van der Waals surface area contributed by atoms with Crippen molar-refractivity contribution < 1.29 is 9.53 Å². The van der Waals surface area contributed by atoms with Crippen LogP contribution in [0.15, 0.2) is 6.07 Å². The van der Waals surface area contributed by atoms with E-state index >= 15 is 0 Å². The van der Waals surface area contributed by atoms with Crippen LogP contribution in [-0.4, -0.2) is 49.1 Å². The van der Waals surface area contributed by atoms with Gasteiger partial charge in [-0.25, -0.2) is 0 Å². The lowest BCUT2D eigenvalue weighted by Gasteiger charge is -2.15. The number of rotatable bonds is 7. The topological polar surface area (TPSA) is 34.5 Å². The SMILES string of the molecule is COCCCN(C)CC(=O)c1cc(C)n(C)c1C. The summed E-state index contributed by atoms with van der Waals surface area (Å²) in [6.07, 6.45) is 0.951. The Morgan fingerprint density at radius 2 is 2.11 bits per heavy atom. The molecule has 0 N–H and O–H groups in total. The number of ether oxygens (including phenoxy) is 1. The van der Waals surface area contributed by atoms with E-state index in [0.29, 0.717) is 6.54 Å². The van der Waals surface area contributed by atoms with Gasteiger partial charge in [0.05, 0.1) is 6.54 Å². The maximum absolute atomic E-state index is 12.2. The molecule has 0 atom stereocenters. The van der Waals surface area contributed by atoms with Crippen LogP contribution in [0.5, 0.6) is 0 Å². The molecule has 1 aromatic rings. The Labute approximate surface area is 110 Å². The first-order valence-electron chi connectivity index (χ1n) is 6.31. The summed E-state index contributed by atoms with van der Waals surface area (Å²) in [7, 11) is 5.66. The highest BCUT2D eigenvalue weighted by Crippen LogP contribution is 2.14. The van der Waals surface area contributed by atoms with E-state index in [1.165, 1.54) is 0 Å². The second kappa shape index (κ2) is 6.71. The second-order valence-corrected chi connectivity index (χ2v) is 4.85. The molecule has 0 aliphatic rings. The maximum Gasteiger partial charge on any atom is 0.178 e. The average Bonchev–Trinajstić information content (AvgIpc) is 2.57. The Balaban J connectivity index is 2.57. The minimum Gasteiger partial charge on any atom is -0.385 e. The molecule has 0 radical (unpaired) electrons. The second-order valence-electron chi connectivity index (χ2n) is 4.85. The molecule has 4 nitrogen and oxygen atoms in total. The van der Waals surface area contributed by atoms with Crippen LogP contribution in [-0.2, 0) is 11.8 Å². The van der Waals surface area contributed by atoms with Gasteiger partial charge in [0, 0.05) is 44.3 Å². The molecule has 0 aliphatic heterocycles. The molecule has 102 valence electrons. The highest BCUT2D eigenvalue weighted by molar-refractivity contribution is 5.98. The smallest absolute Gasteiger partial charge is 0.178 e. The summed E-state index contributed by atoms with van der Waals surface area (Å²) in [4.78, 5) is 14.2. The lowest BCUT2D eigenvalue weighted by Crippen LogP contribution is -2.27. The minimum absolute atomic E-state index is 0.191. The lowest BCUT2D eigenvalue weighted by molar-refractivity contribution is 0.0938. The molecule has 0 saturated carbocycles. The summed E-state index contributed by atoms with van der Waals surface area (Å²) in [5.74, 6) is 0.191. The molecule has 18 heavy (non-hydrogen) atoms. The third-order valence-corrected chi connectivity index (χ3v) is 3.38. The summed E-state index contributed by atoms with van der Waals surface area (Å²) in [6, 6.07) is 1.97. The summed E-state index contributed by atoms with van der Waals surface area (Å²) < 4.78 is 7.06. The molecule has 1 heterocycles. The van der Waals surface area contributed by atoms with E-state index in [1.54, 1.807) is 7.11 Å². The van der Waals surface area contributed by atoms with Crippen molar-refractivity contribution in [1.82, 2.24) is 9.47 Å². The van der Waals surface area contributed by atoms with Gasteiger partial charge in [-0.05, 0) is 33.4 Å². The molecule has 0 aromatic carbocycles. The summed E-state index contributed by atoms with van der Waals surface area (Å²) >= 11 is 0. The Hall–Kier alpha value is -1.13. The van der Waals surface area contributed by atoms with Crippen molar-refractivity contribution in [1.29, 1.82) is 0 Å². The molecule has 0 bridgehead atoms. The monoisotopic (exact) mass is 252 g/mol. The number of carbonyl (C=O) groups is 1. The first-order chi connectivity index (χ1) is 8.47. The number of ketones is 1. The fourth-order valence-electron chi connectivity index (χ4n) is 2.03. The number of methoxy groups -OCH3 is 1. The zero-order valence-corrected chi connectivity index (χ0v) is 12.1. The van der Waals surface area contributed by atoms with Crippen LogP contribution in [0.3, 0.4) is 0 Å². The van der Waals surface area contributed by atoms with E-state index in [4.69, 9.17) is 4.74 Å². The molecule has 0 aliphatic carbocycles. The van der Waals surface area contributed by atoms with E-state index in [0.717, 1.165) is 36.5 Å². The Morgan fingerprint density at radius 3 is 2.61 bits per heavy atom. The molecule has 0 unspecified atom stereocenters.